The first kappa shape index (κ1) is 10.2. The van der Waals surface area contributed by atoms with Crippen molar-refractivity contribution in [3.63, 3.8) is 0 Å². The molecule has 0 saturated carbocycles. The predicted molar refractivity (Wildman–Crippen MR) is 60.6 cm³/mol. The third kappa shape index (κ3) is 2.55. The van der Waals surface area contributed by atoms with Crippen LogP contribution in [0.3, 0.4) is 0 Å². The summed E-state index contributed by atoms with van der Waals surface area (Å²) in [5.41, 5.74) is 1.25. The van der Waals surface area contributed by atoms with Gasteiger partial charge in [0.15, 0.2) is 0 Å². The van der Waals surface area contributed by atoms with Gasteiger partial charge in [0.2, 0.25) is 0 Å². The number of pyridine rings is 1. The molecule has 0 N–H and O–H groups in total. The summed E-state index contributed by atoms with van der Waals surface area (Å²) in [5.74, 6) is 0. The number of rotatable bonds is 3. The Morgan fingerprint density at radius 2 is 2.08 bits per heavy atom. The van der Waals surface area contributed by atoms with E-state index in [-0.39, 0.29) is 0 Å². The molecule has 1 aromatic rings. The van der Waals surface area contributed by atoms with Crippen molar-refractivity contribution in [3.05, 3.63) is 24.5 Å². The maximum Gasteiger partial charge on any atom is 0.147 e. The molecule has 0 amide bonds. The van der Waals surface area contributed by atoms with Crippen LogP contribution in [0.25, 0.3) is 0 Å². The summed E-state index contributed by atoms with van der Waals surface area (Å²) in [5, 5.41) is 0. The average molecular weight is 194 g/mol. The lowest BCUT2D eigenvalue weighted by Gasteiger charge is -2.35. The molecule has 0 atom stereocenters. The van der Waals surface area contributed by atoms with Crippen LogP contribution in [0.4, 0.5) is 5.69 Å². The van der Waals surface area contributed by atoms with E-state index in [1.807, 2.05) is 18.5 Å². The second kappa shape index (κ2) is 3.92. The number of hydrogen-bond acceptors (Lipinski definition) is 2. The fourth-order valence-electron chi connectivity index (χ4n) is 1.56. The topological polar surface area (TPSA) is 16.1 Å². The van der Waals surface area contributed by atoms with Gasteiger partial charge in [-0.1, -0.05) is 19.6 Å². The molecular formula is C10H18N2Si. The lowest BCUT2D eigenvalue weighted by Crippen LogP contribution is -2.46. The van der Waals surface area contributed by atoms with Gasteiger partial charge in [-0.05, 0) is 19.1 Å². The second-order valence-corrected chi connectivity index (χ2v) is 9.01. The average Bonchev–Trinajstić information content (AvgIpc) is 2.05. The first-order valence-corrected chi connectivity index (χ1v) is 8.18. The van der Waals surface area contributed by atoms with Gasteiger partial charge in [0.1, 0.15) is 8.24 Å². The standard InChI is InChI=1S/C10H18N2Si/c1-5-12(13(2,3)4)10-7-6-8-11-9-10/h6-9H,5H2,1-4H3. The van der Waals surface area contributed by atoms with Crippen LogP contribution in [-0.4, -0.2) is 19.8 Å². The van der Waals surface area contributed by atoms with Gasteiger partial charge >= 0.3 is 0 Å². The summed E-state index contributed by atoms with van der Waals surface area (Å²) in [4.78, 5) is 4.15. The van der Waals surface area contributed by atoms with Crippen LogP contribution in [0, 0.1) is 0 Å². The van der Waals surface area contributed by atoms with Crippen molar-refractivity contribution in [3.8, 4) is 0 Å². The summed E-state index contributed by atoms with van der Waals surface area (Å²) in [6.07, 6.45) is 3.77. The van der Waals surface area contributed by atoms with Gasteiger partial charge in [-0.25, -0.2) is 0 Å². The minimum atomic E-state index is -1.23. The molecule has 0 unspecified atom stereocenters. The molecule has 3 heteroatoms. The fraction of sp³-hybridized carbons (Fsp3) is 0.500. The van der Waals surface area contributed by atoms with Gasteiger partial charge in [-0.2, -0.15) is 0 Å². The Balaban J connectivity index is 2.92. The highest BCUT2D eigenvalue weighted by Gasteiger charge is 2.22. The van der Waals surface area contributed by atoms with E-state index in [9.17, 15) is 0 Å². The summed E-state index contributed by atoms with van der Waals surface area (Å²) < 4.78 is 2.47. The quantitative estimate of drug-likeness (QED) is 0.688. The molecule has 13 heavy (non-hydrogen) atoms. The Hall–Kier alpha value is -0.833. The Morgan fingerprint density at radius 3 is 2.46 bits per heavy atom. The fourth-order valence-corrected chi connectivity index (χ4v) is 3.41. The summed E-state index contributed by atoms with van der Waals surface area (Å²) in [6.45, 7) is 10.3. The molecule has 72 valence electrons. The zero-order valence-corrected chi connectivity index (χ0v) is 9.91. The molecule has 0 radical (unpaired) electrons. The van der Waals surface area contributed by atoms with Gasteiger partial charge in [-0.15, -0.1) is 0 Å². The molecule has 0 aliphatic rings. The first-order chi connectivity index (χ1) is 6.05. The van der Waals surface area contributed by atoms with Crippen molar-refractivity contribution in [2.24, 2.45) is 0 Å². The van der Waals surface area contributed by atoms with Gasteiger partial charge in [-0.3, -0.25) is 4.98 Å². The molecular weight excluding hydrogens is 176 g/mol. The van der Waals surface area contributed by atoms with E-state index in [0.717, 1.165) is 6.54 Å². The maximum absolute atomic E-state index is 4.15. The first-order valence-electron chi connectivity index (χ1n) is 4.73. The molecule has 0 aliphatic heterocycles. The van der Waals surface area contributed by atoms with Crippen LogP contribution in [-0.2, 0) is 0 Å². The second-order valence-electron chi connectivity index (χ2n) is 4.13. The highest BCUT2D eigenvalue weighted by molar-refractivity contribution is 6.79. The van der Waals surface area contributed by atoms with Crippen molar-refractivity contribution in [1.29, 1.82) is 0 Å². The third-order valence-electron chi connectivity index (χ3n) is 2.08. The van der Waals surface area contributed by atoms with Crippen LogP contribution in [0.2, 0.25) is 19.6 Å². The molecule has 0 aromatic carbocycles. The smallest absolute Gasteiger partial charge is 0.147 e. The van der Waals surface area contributed by atoms with Gasteiger partial charge in [0.05, 0.1) is 0 Å². The highest BCUT2D eigenvalue weighted by atomic mass is 28.3. The predicted octanol–water partition coefficient (Wildman–Crippen LogP) is 2.74. The summed E-state index contributed by atoms with van der Waals surface area (Å²) in [7, 11) is -1.23. The molecule has 2 nitrogen and oxygen atoms in total. The van der Waals surface area contributed by atoms with E-state index in [4.69, 9.17) is 0 Å². The molecule has 0 spiro atoms. The van der Waals surface area contributed by atoms with E-state index < -0.39 is 8.24 Å². The number of nitrogens with zero attached hydrogens (tertiary/aromatic N) is 2. The summed E-state index contributed by atoms with van der Waals surface area (Å²) in [6, 6.07) is 4.13. The monoisotopic (exact) mass is 194 g/mol. The van der Waals surface area contributed by atoms with E-state index in [0.29, 0.717) is 0 Å². The SMILES string of the molecule is CCN(c1cccnc1)[Si](C)(C)C. The summed E-state index contributed by atoms with van der Waals surface area (Å²) >= 11 is 0. The normalized spacial score (nSPS) is 11.4. The number of hydrogen-bond donors (Lipinski definition) is 0. The Labute approximate surface area is 81.7 Å². The molecule has 1 heterocycles. The van der Waals surface area contributed by atoms with Crippen molar-refractivity contribution in [2.45, 2.75) is 26.6 Å². The van der Waals surface area contributed by atoms with Crippen molar-refractivity contribution < 1.29 is 0 Å². The maximum atomic E-state index is 4.15. The highest BCUT2D eigenvalue weighted by Crippen LogP contribution is 2.19. The lowest BCUT2D eigenvalue weighted by atomic mass is 10.4. The van der Waals surface area contributed by atoms with E-state index in [1.165, 1.54) is 5.69 Å². The molecule has 0 aliphatic carbocycles. The Bertz CT molecular complexity index is 253. The van der Waals surface area contributed by atoms with Gasteiger partial charge < -0.3 is 4.57 Å². The number of aromatic nitrogens is 1. The van der Waals surface area contributed by atoms with Crippen LogP contribution in [0.5, 0.6) is 0 Å². The van der Waals surface area contributed by atoms with E-state index in [2.05, 4.69) is 42.2 Å². The van der Waals surface area contributed by atoms with Gasteiger partial charge in [0, 0.05) is 24.6 Å². The minimum absolute atomic E-state index is 1.07. The Kier molecular flexibility index (Phi) is 3.09. The molecule has 0 saturated heterocycles. The van der Waals surface area contributed by atoms with Gasteiger partial charge in [0.25, 0.3) is 0 Å². The zero-order chi connectivity index (χ0) is 9.90. The third-order valence-corrected chi connectivity index (χ3v) is 4.28. The van der Waals surface area contributed by atoms with Crippen LogP contribution >= 0.6 is 0 Å². The van der Waals surface area contributed by atoms with E-state index in [1.54, 1.807) is 0 Å². The zero-order valence-electron chi connectivity index (χ0n) is 8.91. The minimum Gasteiger partial charge on any atom is -0.397 e. The van der Waals surface area contributed by atoms with Crippen LogP contribution in [0.15, 0.2) is 24.5 Å². The molecule has 0 fully saturated rings. The van der Waals surface area contributed by atoms with Crippen molar-refractivity contribution >= 4 is 13.9 Å². The lowest BCUT2D eigenvalue weighted by molar-refractivity contribution is 1.04. The molecule has 1 rings (SSSR count). The van der Waals surface area contributed by atoms with Crippen molar-refractivity contribution in [1.82, 2.24) is 4.98 Å². The molecule has 1 aromatic heterocycles. The Morgan fingerprint density at radius 1 is 1.38 bits per heavy atom. The van der Waals surface area contributed by atoms with Crippen LogP contribution < -0.4 is 4.57 Å². The number of anilines is 1. The van der Waals surface area contributed by atoms with E-state index >= 15 is 0 Å². The van der Waals surface area contributed by atoms with Crippen molar-refractivity contribution in [2.75, 3.05) is 11.1 Å². The molecule has 0 bridgehead atoms. The van der Waals surface area contributed by atoms with Crippen LogP contribution in [0.1, 0.15) is 6.92 Å². The largest absolute Gasteiger partial charge is 0.397 e.